The minimum absolute atomic E-state index is 0.0344. The molecule has 6 nitrogen and oxygen atoms in total. The Balaban J connectivity index is 1.40. The predicted molar refractivity (Wildman–Crippen MR) is 134 cm³/mol. The third-order valence-corrected chi connectivity index (χ3v) is 5.82. The van der Waals surface area contributed by atoms with Crippen molar-refractivity contribution in [2.24, 2.45) is 0 Å². The summed E-state index contributed by atoms with van der Waals surface area (Å²) in [5, 5.41) is 5.68. The molecule has 3 aromatic carbocycles. The number of aryl methyl sites for hydroxylation is 2. The first-order valence-corrected chi connectivity index (χ1v) is 11.3. The fraction of sp³-hybridized carbons (Fsp3) is 0.148. The largest absolute Gasteiger partial charge is 0.350 e. The molecule has 0 fully saturated rings. The normalized spacial score (nSPS) is 13.4. The van der Waals surface area contributed by atoms with Gasteiger partial charge in [0.15, 0.2) is 0 Å². The fourth-order valence-corrected chi connectivity index (χ4v) is 4.07. The second kappa shape index (κ2) is 9.93. The molecule has 172 valence electrons. The molecule has 3 amide bonds. The Morgan fingerprint density at radius 3 is 2.15 bits per heavy atom. The molecule has 0 unspecified atom stereocenters. The van der Waals surface area contributed by atoms with Gasteiger partial charge >= 0.3 is 0 Å². The Hall–Kier alpha value is -3.90. The number of rotatable bonds is 7. The molecule has 0 spiro atoms. The third kappa shape index (κ3) is 5.18. The number of nitrogens with one attached hydrogen (secondary N) is 2. The van der Waals surface area contributed by atoms with Crippen molar-refractivity contribution in [3.63, 3.8) is 0 Å². The molecule has 0 aromatic heterocycles. The highest BCUT2D eigenvalue weighted by Crippen LogP contribution is 2.26. The highest BCUT2D eigenvalue weighted by molar-refractivity contribution is 6.48. The van der Waals surface area contributed by atoms with Gasteiger partial charge in [-0.05, 0) is 73.4 Å². The van der Waals surface area contributed by atoms with Gasteiger partial charge in [0, 0.05) is 23.5 Å². The van der Waals surface area contributed by atoms with Crippen LogP contribution in [0.1, 0.15) is 27.0 Å². The second-order valence-corrected chi connectivity index (χ2v) is 8.60. The maximum absolute atomic E-state index is 12.8. The first-order valence-electron chi connectivity index (χ1n) is 10.9. The van der Waals surface area contributed by atoms with E-state index in [-0.39, 0.29) is 23.2 Å². The summed E-state index contributed by atoms with van der Waals surface area (Å²) < 4.78 is 0. The SMILES string of the molecule is Cc1cc(C)cc(NC(=O)c2ccc(NC3=C(Cl)C(=O)N(CCc4ccccc4)C3=O)cc2)c1. The number of hydrogen-bond acceptors (Lipinski definition) is 4. The summed E-state index contributed by atoms with van der Waals surface area (Å²) in [5.41, 5.74) is 4.92. The summed E-state index contributed by atoms with van der Waals surface area (Å²) in [4.78, 5) is 39.1. The Bertz CT molecular complexity index is 1260. The van der Waals surface area contributed by atoms with Crippen LogP contribution < -0.4 is 10.6 Å². The van der Waals surface area contributed by atoms with E-state index < -0.39 is 11.8 Å². The van der Waals surface area contributed by atoms with Crippen LogP contribution in [-0.2, 0) is 16.0 Å². The number of halogens is 1. The number of nitrogens with zero attached hydrogens (tertiary/aromatic N) is 1. The van der Waals surface area contributed by atoms with Crippen molar-refractivity contribution in [3.05, 3.63) is 106 Å². The Morgan fingerprint density at radius 1 is 0.853 bits per heavy atom. The van der Waals surface area contributed by atoms with Gasteiger partial charge in [-0.2, -0.15) is 0 Å². The summed E-state index contributed by atoms with van der Waals surface area (Å²) in [5.74, 6) is -1.23. The third-order valence-electron chi connectivity index (χ3n) is 5.47. The Kier molecular flexibility index (Phi) is 6.80. The second-order valence-electron chi connectivity index (χ2n) is 8.22. The lowest BCUT2D eigenvalue weighted by Gasteiger charge is -2.15. The zero-order valence-corrected chi connectivity index (χ0v) is 19.6. The van der Waals surface area contributed by atoms with Crippen LogP contribution in [0.2, 0.25) is 0 Å². The molecule has 7 heteroatoms. The van der Waals surface area contributed by atoms with Crippen LogP contribution >= 0.6 is 11.6 Å². The molecular formula is C27H24ClN3O3. The maximum atomic E-state index is 12.8. The molecule has 0 saturated heterocycles. The average molecular weight is 474 g/mol. The minimum Gasteiger partial charge on any atom is -0.350 e. The predicted octanol–water partition coefficient (Wildman–Crippen LogP) is 5.03. The van der Waals surface area contributed by atoms with Gasteiger partial charge in [-0.15, -0.1) is 0 Å². The molecule has 4 rings (SSSR count). The van der Waals surface area contributed by atoms with Crippen molar-refractivity contribution in [3.8, 4) is 0 Å². The number of benzene rings is 3. The van der Waals surface area contributed by atoms with Crippen molar-refractivity contribution in [2.45, 2.75) is 20.3 Å². The molecular weight excluding hydrogens is 450 g/mol. The molecule has 0 atom stereocenters. The minimum atomic E-state index is -0.519. The molecule has 1 heterocycles. The van der Waals surface area contributed by atoms with E-state index in [0.717, 1.165) is 27.3 Å². The van der Waals surface area contributed by atoms with Crippen molar-refractivity contribution in [1.82, 2.24) is 4.90 Å². The van der Waals surface area contributed by atoms with E-state index in [4.69, 9.17) is 11.6 Å². The summed E-state index contributed by atoms with van der Waals surface area (Å²) >= 11 is 6.19. The zero-order chi connectivity index (χ0) is 24.2. The fourth-order valence-electron chi connectivity index (χ4n) is 3.84. The first-order chi connectivity index (χ1) is 16.3. The van der Waals surface area contributed by atoms with Crippen molar-refractivity contribution >= 4 is 40.7 Å². The standard InChI is InChI=1S/C27H24ClN3O3/c1-17-14-18(2)16-22(15-17)30-25(32)20-8-10-21(11-9-20)29-24-23(28)26(33)31(27(24)34)13-12-19-6-4-3-5-7-19/h3-11,14-16,29H,12-13H2,1-2H3,(H,30,32). The lowest BCUT2D eigenvalue weighted by molar-refractivity contribution is -0.137. The van der Waals surface area contributed by atoms with Gasteiger partial charge in [0.05, 0.1) is 0 Å². The molecule has 34 heavy (non-hydrogen) atoms. The van der Waals surface area contributed by atoms with E-state index in [1.165, 1.54) is 0 Å². The number of carbonyl (C=O) groups is 3. The van der Waals surface area contributed by atoms with E-state index in [0.29, 0.717) is 17.7 Å². The van der Waals surface area contributed by atoms with Gasteiger partial charge in [0.1, 0.15) is 10.7 Å². The van der Waals surface area contributed by atoms with Crippen molar-refractivity contribution in [2.75, 3.05) is 17.2 Å². The quantitative estimate of drug-likeness (QED) is 0.472. The van der Waals surface area contributed by atoms with Gasteiger partial charge in [-0.1, -0.05) is 48.0 Å². The summed E-state index contributed by atoms with van der Waals surface area (Å²) in [6, 6.07) is 22.1. The van der Waals surface area contributed by atoms with E-state index in [1.54, 1.807) is 24.3 Å². The molecule has 0 radical (unpaired) electrons. The Morgan fingerprint density at radius 2 is 1.50 bits per heavy atom. The number of hydrogen-bond donors (Lipinski definition) is 2. The van der Waals surface area contributed by atoms with Crippen LogP contribution in [0.25, 0.3) is 0 Å². The lowest BCUT2D eigenvalue weighted by Crippen LogP contribution is -2.34. The van der Waals surface area contributed by atoms with Gasteiger partial charge in [0.2, 0.25) is 0 Å². The topological polar surface area (TPSA) is 78.5 Å². The molecule has 0 aliphatic carbocycles. The van der Waals surface area contributed by atoms with E-state index in [2.05, 4.69) is 10.6 Å². The lowest BCUT2D eigenvalue weighted by atomic mass is 10.1. The van der Waals surface area contributed by atoms with Crippen molar-refractivity contribution in [1.29, 1.82) is 0 Å². The van der Waals surface area contributed by atoms with Crippen LogP contribution in [-0.4, -0.2) is 29.2 Å². The molecule has 0 bridgehead atoms. The smallest absolute Gasteiger partial charge is 0.278 e. The van der Waals surface area contributed by atoms with Crippen LogP contribution in [0, 0.1) is 13.8 Å². The highest BCUT2D eigenvalue weighted by Gasteiger charge is 2.37. The van der Waals surface area contributed by atoms with Gasteiger partial charge < -0.3 is 10.6 Å². The molecule has 2 N–H and O–H groups in total. The maximum Gasteiger partial charge on any atom is 0.278 e. The number of carbonyl (C=O) groups excluding carboxylic acids is 3. The molecule has 0 saturated carbocycles. The highest BCUT2D eigenvalue weighted by atomic mass is 35.5. The van der Waals surface area contributed by atoms with E-state index in [1.807, 2.05) is 62.4 Å². The Labute approximate surface area is 203 Å². The van der Waals surface area contributed by atoms with E-state index in [9.17, 15) is 14.4 Å². The van der Waals surface area contributed by atoms with Gasteiger partial charge in [-0.25, -0.2) is 0 Å². The summed E-state index contributed by atoms with van der Waals surface area (Å²) in [6.45, 7) is 4.18. The number of imide groups is 1. The zero-order valence-electron chi connectivity index (χ0n) is 18.9. The summed E-state index contributed by atoms with van der Waals surface area (Å²) in [7, 11) is 0. The van der Waals surface area contributed by atoms with Crippen LogP contribution in [0.5, 0.6) is 0 Å². The number of anilines is 2. The molecule has 3 aromatic rings. The molecule has 1 aliphatic heterocycles. The van der Waals surface area contributed by atoms with E-state index >= 15 is 0 Å². The van der Waals surface area contributed by atoms with Gasteiger partial charge in [-0.3, -0.25) is 19.3 Å². The van der Waals surface area contributed by atoms with Gasteiger partial charge in [0.25, 0.3) is 17.7 Å². The van der Waals surface area contributed by atoms with Crippen LogP contribution in [0.3, 0.4) is 0 Å². The molecule has 1 aliphatic rings. The van der Waals surface area contributed by atoms with Crippen molar-refractivity contribution < 1.29 is 14.4 Å². The number of amides is 3. The average Bonchev–Trinajstić information content (AvgIpc) is 3.01. The first kappa shape index (κ1) is 23.3. The monoisotopic (exact) mass is 473 g/mol. The summed E-state index contributed by atoms with van der Waals surface area (Å²) in [6.07, 6.45) is 0.542. The van der Waals surface area contributed by atoms with Crippen LogP contribution in [0.4, 0.5) is 11.4 Å². The van der Waals surface area contributed by atoms with Crippen LogP contribution in [0.15, 0.2) is 83.5 Å².